The summed E-state index contributed by atoms with van der Waals surface area (Å²) in [6.45, 7) is 0. The van der Waals surface area contributed by atoms with Gasteiger partial charge in [-0.3, -0.25) is 4.79 Å². The SMILES string of the molecule is COc1ccc(C(=O)Oc2cccc(/C=C3\SC(=S)NC3=O)c2)cc1. The van der Waals surface area contributed by atoms with E-state index >= 15 is 0 Å². The zero-order valence-corrected chi connectivity index (χ0v) is 14.8. The number of esters is 1. The van der Waals surface area contributed by atoms with E-state index < -0.39 is 5.97 Å². The van der Waals surface area contributed by atoms with Crippen LogP contribution in [0.25, 0.3) is 6.08 Å². The number of nitrogens with one attached hydrogen (secondary N) is 1. The number of benzene rings is 2. The average Bonchev–Trinajstić information content (AvgIpc) is 2.92. The van der Waals surface area contributed by atoms with E-state index in [1.54, 1.807) is 55.7 Å². The number of amides is 1. The number of carbonyl (C=O) groups is 2. The fourth-order valence-corrected chi connectivity index (χ4v) is 3.18. The van der Waals surface area contributed by atoms with Gasteiger partial charge in [0.05, 0.1) is 17.6 Å². The maximum absolute atomic E-state index is 12.2. The smallest absolute Gasteiger partial charge is 0.343 e. The van der Waals surface area contributed by atoms with Crippen LogP contribution < -0.4 is 14.8 Å². The second kappa shape index (κ2) is 7.50. The van der Waals surface area contributed by atoms with Gasteiger partial charge in [-0.1, -0.05) is 36.1 Å². The maximum atomic E-state index is 12.2. The molecule has 0 bridgehead atoms. The average molecular weight is 371 g/mol. The van der Waals surface area contributed by atoms with E-state index in [1.807, 2.05) is 6.07 Å². The number of thioether (sulfide) groups is 1. The zero-order valence-electron chi connectivity index (χ0n) is 13.1. The molecule has 1 heterocycles. The molecule has 0 aliphatic carbocycles. The summed E-state index contributed by atoms with van der Waals surface area (Å²) in [6, 6.07) is 13.6. The predicted octanol–water partition coefficient (Wildman–Crippen LogP) is 3.40. The van der Waals surface area contributed by atoms with Crippen LogP contribution in [0.1, 0.15) is 15.9 Å². The van der Waals surface area contributed by atoms with Gasteiger partial charge in [0, 0.05) is 0 Å². The standard InChI is InChI=1S/C18H13NO4S2/c1-22-13-7-5-12(6-8-13)17(21)23-14-4-2-3-11(9-14)10-15-16(20)19-18(24)25-15/h2-10H,1H3,(H,19,20,24)/b15-10-. The zero-order chi connectivity index (χ0) is 17.8. The van der Waals surface area contributed by atoms with Crippen molar-refractivity contribution in [3.8, 4) is 11.5 Å². The van der Waals surface area contributed by atoms with Gasteiger partial charge in [-0.25, -0.2) is 4.79 Å². The molecule has 1 aliphatic rings. The van der Waals surface area contributed by atoms with Gasteiger partial charge >= 0.3 is 5.97 Å². The van der Waals surface area contributed by atoms with Crippen LogP contribution in [0.4, 0.5) is 0 Å². The molecule has 0 atom stereocenters. The van der Waals surface area contributed by atoms with Crippen LogP contribution in [0, 0.1) is 0 Å². The van der Waals surface area contributed by atoms with Crippen molar-refractivity contribution in [2.75, 3.05) is 7.11 Å². The third-order valence-electron chi connectivity index (χ3n) is 3.33. The summed E-state index contributed by atoms with van der Waals surface area (Å²) in [7, 11) is 1.56. The van der Waals surface area contributed by atoms with E-state index in [0.717, 1.165) is 5.56 Å². The van der Waals surface area contributed by atoms with Gasteiger partial charge in [0.25, 0.3) is 5.91 Å². The van der Waals surface area contributed by atoms with E-state index in [2.05, 4.69) is 5.32 Å². The molecule has 3 rings (SSSR count). The molecule has 1 fully saturated rings. The van der Waals surface area contributed by atoms with Crippen molar-refractivity contribution in [2.24, 2.45) is 0 Å². The first-order valence-electron chi connectivity index (χ1n) is 7.26. The molecule has 0 unspecified atom stereocenters. The van der Waals surface area contributed by atoms with E-state index in [-0.39, 0.29) is 5.91 Å². The monoisotopic (exact) mass is 371 g/mol. The van der Waals surface area contributed by atoms with Gasteiger partial charge in [-0.05, 0) is 48.0 Å². The number of rotatable bonds is 4. The first-order valence-corrected chi connectivity index (χ1v) is 8.49. The summed E-state index contributed by atoms with van der Waals surface area (Å²) in [5.41, 5.74) is 1.16. The van der Waals surface area contributed by atoms with Gasteiger partial charge in [-0.2, -0.15) is 0 Å². The Labute approximate surface area is 154 Å². The van der Waals surface area contributed by atoms with Crippen molar-refractivity contribution in [3.63, 3.8) is 0 Å². The van der Waals surface area contributed by atoms with Crippen LogP contribution in [0.15, 0.2) is 53.4 Å². The van der Waals surface area contributed by atoms with Crippen molar-refractivity contribution in [1.29, 1.82) is 0 Å². The van der Waals surface area contributed by atoms with Crippen LogP contribution >= 0.6 is 24.0 Å². The molecule has 1 amide bonds. The molecule has 5 nitrogen and oxygen atoms in total. The molecule has 25 heavy (non-hydrogen) atoms. The summed E-state index contributed by atoms with van der Waals surface area (Å²) in [5, 5.41) is 2.56. The Hall–Kier alpha value is -2.64. The Morgan fingerprint density at radius 2 is 1.92 bits per heavy atom. The van der Waals surface area contributed by atoms with Gasteiger partial charge in [0.1, 0.15) is 15.8 Å². The van der Waals surface area contributed by atoms with Crippen molar-refractivity contribution in [3.05, 3.63) is 64.6 Å². The van der Waals surface area contributed by atoms with Crippen LogP contribution in [-0.2, 0) is 4.79 Å². The highest BCUT2D eigenvalue weighted by atomic mass is 32.2. The van der Waals surface area contributed by atoms with Crippen LogP contribution in [0.3, 0.4) is 0 Å². The molecule has 1 N–H and O–H groups in total. The molecular formula is C18H13NO4S2. The summed E-state index contributed by atoms with van der Waals surface area (Å²) in [4.78, 5) is 24.4. The van der Waals surface area contributed by atoms with Crippen LogP contribution in [-0.4, -0.2) is 23.3 Å². The van der Waals surface area contributed by atoms with E-state index in [4.69, 9.17) is 21.7 Å². The molecule has 7 heteroatoms. The van der Waals surface area contributed by atoms with Crippen LogP contribution in [0.5, 0.6) is 11.5 Å². The molecule has 2 aromatic carbocycles. The highest BCUT2D eigenvalue weighted by molar-refractivity contribution is 8.26. The van der Waals surface area contributed by atoms with Crippen molar-refractivity contribution >= 4 is 46.3 Å². The highest BCUT2D eigenvalue weighted by Crippen LogP contribution is 2.27. The van der Waals surface area contributed by atoms with Gasteiger partial charge in [-0.15, -0.1) is 0 Å². The normalized spacial score (nSPS) is 15.2. The minimum atomic E-state index is -0.471. The minimum Gasteiger partial charge on any atom is -0.497 e. The van der Waals surface area contributed by atoms with E-state index in [1.165, 1.54) is 11.8 Å². The maximum Gasteiger partial charge on any atom is 0.343 e. The molecule has 1 aliphatic heterocycles. The lowest BCUT2D eigenvalue weighted by molar-refractivity contribution is -0.115. The highest BCUT2D eigenvalue weighted by Gasteiger charge is 2.22. The Kier molecular flexibility index (Phi) is 5.16. The summed E-state index contributed by atoms with van der Waals surface area (Å²) in [6.07, 6.45) is 1.70. The van der Waals surface area contributed by atoms with E-state index in [9.17, 15) is 9.59 Å². The minimum absolute atomic E-state index is 0.226. The second-order valence-electron chi connectivity index (χ2n) is 5.04. The van der Waals surface area contributed by atoms with Gasteiger partial charge in [0.15, 0.2) is 0 Å². The Morgan fingerprint density at radius 3 is 2.56 bits per heavy atom. The summed E-state index contributed by atoms with van der Waals surface area (Å²) in [5.74, 6) is 0.355. The molecule has 0 saturated carbocycles. The van der Waals surface area contributed by atoms with Crippen molar-refractivity contribution in [1.82, 2.24) is 5.32 Å². The number of ether oxygens (including phenoxy) is 2. The second-order valence-corrected chi connectivity index (χ2v) is 6.76. The Morgan fingerprint density at radius 1 is 1.16 bits per heavy atom. The fraction of sp³-hybridized carbons (Fsp3) is 0.0556. The molecule has 0 radical (unpaired) electrons. The number of thiocarbonyl (C=S) groups is 1. The molecule has 2 aromatic rings. The number of hydrogen-bond donors (Lipinski definition) is 1. The quantitative estimate of drug-likeness (QED) is 0.385. The first kappa shape index (κ1) is 17.2. The molecular weight excluding hydrogens is 358 g/mol. The third-order valence-corrected chi connectivity index (χ3v) is 4.50. The molecule has 126 valence electrons. The molecule has 1 saturated heterocycles. The number of methoxy groups -OCH3 is 1. The number of hydrogen-bond acceptors (Lipinski definition) is 6. The lowest BCUT2D eigenvalue weighted by Crippen LogP contribution is -2.17. The molecule has 0 spiro atoms. The Bertz CT molecular complexity index is 875. The summed E-state index contributed by atoms with van der Waals surface area (Å²) < 4.78 is 10.9. The Balaban J connectivity index is 1.75. The van der Waals surface area contributed by atoms with E-state index in [0.29, 0.717) is 26.3 Å². The first-order chi connectivity index (χ1) is 12.0. The largest absolute Gasteiger partial charge is 0.497 e. The molecule has 0 aromatic heterocycles. The predicted molar refractivity (Wildman–Crippen MR) is 101 cm³/mol. The summed E-state index contributed by atoms with van der Waals surface area (Å²) >= 11 is 6.16. The number of carbonyl (C=O) groups excluding carboxylic acids is 2. The van der Waals surface area contributed by atoms with Crippen molar-refractivity contribution in [2.45, 2.75) is 0 Å². The topological polar surface area (TPSA) is 64.6 Å². The lowest BCUT2D eigenvalue weighted by Gasteiger charge is -2.06. The third kappa shape index (κ3) is 4.26. The van der Waals surface area contributed by atoms with Gasteiger partial charge < -0.3 is 14.8 Å². The van der Waals surface area contributed by atoms with Gasteiger partial charge in [0.2, 0.25) is 0 Å². The van der Waals surface area contributed by atoms with Crippen molar-refractivity contribution < 1.29 is 19.1 Å². The fourth-order valence-electron chi connectivity index (χ4n) is 2.13. The van der Waals surface area contributed by atoms with Crippen LogP contribution in [0.2, 0.25) is 0 Å². The lowest BCUT2D eigenvalue weighted by atomic mass is 10.2.